The van der Waals surface area contributed by atoms with Crippen molar-refractivity contribution in [2.24, 2.45) is 0 Å². The summed E-state index contributed by atoms with van der Waals surface area (Å²) in [4.78, 5) is 14.1. The molecule has 0 saturated carbocycles. The molecule has 1 aliphatic rings. The highest BCUT2D eigenvalue weighted by atomic mass is 127. The van der Waals surface area contributed by atoms with Crippen LogP contribution in [0.2, 0.25) is 0 Å². The van der Waals surface area contributed by atoms with E-state index in [1.54, 1.807) is 12.1 Å². The van der Waals surface area contributed by atoms with Crippen molar-refractivity contribution in [2.75, 3.05) is 5.32 Å². The molecule has 0 fully saturated rings. The zero-order chi connectivity index (χ0) is 24.1. The van der Waals surface area contributed by atoms with Gasteiger partial charge in [0.2, 0.25) is 0 Å². The molecule has 3 aromatic rings. The average Bonchev–Trinajstić information content (AvgIpc) is 3.19. The quantitative estimate of drug-likeness (QED) is 0.178. The molecule has 1 N–H and O–H groups in total. The predicted octanol–water partition coefficient (Wildman–Crippen LogP) is 6.99. The van der Waals surface area contributed by atoms with Crippen LogP contribution < -0.4 is 10.1 Å². The monoisotopic (exact) mass is 643 g/mol. The Bertz CT molecular complexity index is 1350. The molecule has 8 heteroatoms. The highest BCUT2D eigenvalue weighted by molar-refractivity contribution is 14.1. The average molecular weight is 644 g/mol. The van der Waals surface area contributed by atoms with Gasteiger partial charge in [0, 0.05) is 18.5 Å². The molecule has 170 valence electrons. The van der Waals surface area contributed by atoms with Gasteiger partial charge in [0.05, 0.1) is 5.56 Å². The van der Waals surface area contributed by atoms with Gasteiger partial charge in [-0.3, -0.25) is 4.79 Å². The van der Waals surface area contributed by atoms with E-state index in [0.717, 1.165) is 49.7 Å². The minimum absolute atomic E-state index is 0.0625. The van der Waals surface area contributed by atoms with Crippen molar-refractivity contribution >= 4 is 66.8 Å². The molecule has 0 unspecified atom stereocenters. The summed E-state index contributed by atoms with van der Waals surface area (Å²) < 4.78 is 7.95. The second kappa shape index (κ2) is 11.2. The molecule has 2 aromatic carbocycles. The van der Waals surface area contributed by atoms with E-state index in [4.69, 9.17) is 4.74 Å². The lowest BCUT2D eigenvalue weighted by Crippen LogP contribution is -2.13. The number of carbonyl (C=O) groups excluding carboxylic acids is 1. The fraction of sp³-hybridized carbons (Fsp3) is 0.192. The van der Waals surface area contributed by atoms with Crippen LogP contribution in [0.1, 0.15) is 40.0 Å². The number of nitriles is 2. The van der Waals surface area contributed by atoms with Crippen LogP contribution in [0.4, 0.5) is 5.00 Å². The Labute approximate surface area is 224 Å². The highest BCUT2D eigenvalue weighted by Crippen LogP contribution is 2.38. The third-order valence-electron chi connectivity index (χ3n) is 5.45. The Morgan fingerprint density at radius 2 is 1.94 bits per heavy atom. The number of rotatable bonds is 6. The normalized spacial score (nSPS) is 12.9. The molecular weight excluding hydrogens is 625 g/mol. The van der Waals surface area contributed by atoms with Crippen LogP contribution in [0.5, 0.6) is 5.75 Å². The first kappa shape index (κ1) is 24.5. The van der Waals surface area contributed by atoms with Crippen molar-refractivity contribution < 1.29 is 9.53 Å². The zero-order valence-corrected chi connectivity index (χ0v) is 22.6. The Morgan fingerprint density at radius 1 is 1.18 bits per heavy atom. The first-order chi connectivity index (χ1) is 16.5. The van der Waals surface area contributed by atoms with Crippen molar-refractivity contribution in [3.05, 3.63) is 83.2 Å². The molecule has 4 rings (SSSR count). The van der Waals surface area contributed by atoms with Crippen LogP contribution in [-0.2, 0) is 24.2 Å². The van der Waals surface area contributed by atoms with E-state index in [0.29, 0.717) is 28.5 Å². The highest BCUT2D eigenvalue weighted by Gasteiger charge is 2.23. The van der Waals surface area contributed by atoms with Gasteiger partial charge >= 0.3 is 0 Å². The number of aryl methyl sites for hydroxylation is 1. The maximum atomic E-state index is 13.0. The summed E-state index contributed by atoms with van der Waals surface area (Å²) in [5, 5.41) is 22.7. The summed E-state index contributed by atoms with van der Waals surface area (Å²) in [5.74, 6) is 0.0211. The van der Waals surface area contributed by atoms with Crippen molar-refractivity contribution in [2.45, 2.75) is 32.3 Å². The van der Waals surface area contributed by atoms with Gasteiger partial charge in [0.25, 0.3) is 5.91 Å². The molecule has 0 aliphatic heterocycles. The van der Waals surface area contributed by atoms with E-state index < -0.39 is 5.91 Å². The van der Waals surface area contributed by atoms with Crippen molar-refractivity contribution in [3.8, 4) is 17.9 Å². The lowest BCUT2D eigenvalue weighted by molar-refractivity contribution is -0.112. The first-order valence-electron chi connectivity index (χ1n) is 10.6. The summed E-state index contributed by atoms with van der Waals surface area (Å²) in [6, 6.07) is 17.7. The lowest BCUT2D eigenvalue weighted by Gasteiger charge is -2.11. The molecule has 0 saturated heterocycles. The number of amides is 1. The van der Waals surface area contributed by atoms with E-state index in [9.17, 15) is 15.3 Å². The molecule has 1 aliphatic carbocycles. The Hall–Kier alpha value is -2.66. The van der Waals surface area contributed by atoms with Crippen LogP contribution in [-0.4, -0.2) is 5.91 Å². The molecular formula is C26H19BrIN3O2S. The van der Waals surface area contributed by atoms with Gasteiger partial charge in [0.1, 0.15) is 35.1 Å². The third-order valence-corrected chi connectivity index (χ3v) is 7.87. The fourth-order valence-electron chi connectivity index (χ4n) is 3.75. The SMILES string of the molecule is N#C/C(=C\c1cc(Br)ccc1OCc1ccc(I)cc1)C(=O)Nc1sc2c(c1C#N)CCCC2. The summed E-state index contributed by atoms with van der Waals surface area (Å²) in [6.45, 7) is 0.361. The molecule has 5 nitrogen and oxygen atoms in total. The Kier molecular flexibility index (Phi) is 8.04. The van der Waals surface area contributed by atoms with Gasteiger partial charge in [0.15, 0.2) is 0 Å². The molecule has 0 atom stereocenters. The number of fused-ring (bicyclic) bond motifs is 1. The van der Waals surface area contributed by atoms with Crippen LogP contribution in [0.25, 0.3) is 6.08 Å². The van der Waals surface area contributed by atoms with Gasteiger partial charge in [-0.2, -0.15) is 10.5 Å². The van der Waals surface area contributed by atoms with Crippen LogP contribution >= 0.6 is 49.9 Å². The number of ether oxygens (including phenoxy) is 1. The van der Waals surface area contributed by atoms with Crippen LogP contribution in [0.3, 0.4) is 0 Å². The molecule has 1 aromatic heterocycles. The fourth-order valence-corrected chi connectivity index (χ4v) is 5.73. The van der Waals surface area contributed by atoms with Crippen molar-refractivity contribution in [1.29, 1.82) is 10.5 Å². The Morgan fingerprint density at radius 3 is 2.68 bits per heavy atom. The number of nitrogens with zero attached hydrogens (tertiary/aromatic N) is 2. The third kappa shape index (κ3) is 5.69. The van der Waals surface area contributed by atoms with Crippen LogP contribution in [0, 0.1) is 26.2 Å². The van der Waals surface area contributed by atoms with Gasteiger partial charge in [-0.05, 0) is 95.8 Å². The minimum atomic E-state index is -0.541. The number of hydrogen-bond acceptors (Lipinski definition) is 5. The molecule has 0 radical (unpaired) electrons. The summed E-state index contributed by atoms with van der Waals surface area (Å²) in [7, 11) is 0. The van der Waals surface area contributed by atoms with Gasteiger partial charge < -0.3 is 10.1 Å². The smallest absolute Gasteiger partial charge is 0.266 e. The summed E-state index contributed by atoms with van der Waals surface area (Å²) >= 11 is 7.14. The number of carbonyl (C=O) groups is 1. The topological polar surface area (TPSA) is 85.9 Å². The van der Waals surface area contributed by atoms with E-state index in [1.807, 2.05) is 36.4 Å². The molecule has 1 amide bonds. The number of nitrogens with one attached hydrogen (secondary N) is 1. The largest absolute Gasteiger partial charge is 0.488 e. The number of hydrogen-bond donors (Lipinski definition) is 1. The number of thiophene rings is 1. The molecule has 0 spiro atoms. The van der Waals surface area contributed by atoms with Crippen LogP contribution in [0.15, 0.2) is 52.5 Å². The number of halogens is 2. The molecule has 34 heavy (non-hydrogen) atoms. The number of anilines is 1. The Balaban J connectivity index is 1.57. The van der Waals surface area contributed by atoms with E-state index in [2.05, 4.69) is 49.9 Å². The number of benzene rings is 2. The summed E-state index contributed by atoms with van der Waals surface area (Å²) in [5.41, 5.74) is 3.12. The second-order valence-electron chi connectivity index (χ2n) is 7.75. The van der Waals surface area contributed by atoms with E-state index in [1.165, 1.54) is 17.4 Å². The maximum absolute atomic E-state index is 13.0. The maximum Gasteiger partial charge on any atom is 0.266 e. The predicted molar refractivity (Wildman–Crippen MR) is 146 cm³/mol. The summed E-state index contributed by atoms with van der Waals surface area (Å²) in [6.07, 6.45) is 5.42. The molecule has 1 heterocycles. The van der Waals surface area contributed by atoms with Gasteiger partial charge in [-0.25, -0.2) is 0 Å². The lowest BCUT2D eigenvalue weighted by atomic mass is 9.96. The van der Waals surface area contributed by atoms with Crippen molar-refractivity contribution in [1.82, 2.24) is 0 Å². The zero-order valence-electron chi connectivity index (χ0n) is 18.0. The van der Waals surface area contributed by atoms with E-state index in [-0.39, 0.29) is 5.57 Å². The van der Waals surface area contributed by atoms with E-state index >= 15 is 0 Å². The molecule has 0 bridgehead atoms. The standard InChI is InChI=1S/C26H19BrIN3O2S/c27-19-7-10-23(33-15-16-5-8-20(28)9-6-16)17(12-19)11-18(13-29)25(32)31-26-22(14-30)21-3-1-2-4-24(21)34-26/h5-12H,1-4,15H2,(H,31,32)/b18-11+. The first-order valence-corrected chi connectivity index (χ1v) is 13.3. The van der Waals surface area contributed by atoms with Gasteiger partial charge in [-0.15, -0.1) is 11.3 Å². The van der Waals surface area contributed by atoms with Gasteiger partial charge in [-0.1, -0.05) is 28.1 Å². The minimum Gasteiger partial charge on any atom is -0.488 e. The second-order valence-corrected chi connectivity index (χ2v) is 11.0. The van der Waals surface area contributed by atoms with Crippen molar-refractivity contribution in [3.63, 3.8) is 0 Å².